The van der Waals surface area contributed by atoms with Crippen molar-refractivity contribution >= 4 is 58.8 Å². The summed E-state index contributed by atoms with van der Waals surface area (Å²) in [4.78, 5) is 37.9. The SMILES string of the molecule is CSc1ccc(/C=C/C(=O)N2CCC(C(=O)NC(C)C(=O)O)CC2)c(Cl)c1Cl. The maximum atomic E-state index is 12.4. The number of hydrogen-bond donors (Lipinski definition) is 2. The zero-order valence-electron chi connectivity index (χ0n) is 15.6. The minimum atomic E-state index is -1.07. The number of carboxylic acids is 1. The van der Waals surface area contributed by atoms with Gasteiger partial charge in [0, 0.05) is 30.0 Å². The highest BCUT2D eigenvalue weighted by molar-refractivity contribution is 7.98. The van der Waals surface area contributed by atoms with Crippen molar-refractivity contribution in [3.63, 3.8) is 0 Å². The number of halogens is 2. The summed E-state index contributed by atoms with van der Waals surface area (Å²) in [6.45, 7) is 2.29. The molecular formula is C19H22Cl2N2O4S. The molecule has 1 unspecified atom stereocenters. The summed E-state index contributed by atoms with van der Waals surface area (Å²) in [7, 11) is 0. The molecule has 0 aliphatic carbocycles. The molecule has 1 aromatic rings. The molecule has 0 radical (unpaired) electrons. The van der Waals surface area contributed by atoms with Crippen molar-refractivity contribution in [1.29, 1.82) is 0 Å². The van der Waals surface area contributed by atoms with Crippen molar-refractivity contribution in [1.82, 2.24) is 10.2 Å². The first-order valence-electron chi connectivity index (χ1n) is 8.76. The fourth-order valence-corrected chi connectivity index (χ4v) is 4.03. The van der Waals surface area contributed by atoms with Gasteiger partial charge in [-0.05, 0) is 43.7 Å². The topological polar surface area (TPSA) is 86.7 Å². The second kappa shape index (κ2) is 10.2. The zero-order chi connectivity index (χ0) is 20.8. The molecule has 1 heterocycles. The molecule has 9 heteroatoms. The molecule has 152 valence electrons. The Bertz CT molecular complexity index is 792. The van der Waals surface area contributed by atoms with Gasteiger partial charge in [0.2, 0.25) is 11.8 Å². The van der Waals surface area contributed by atoms with Gasteiger partial charge in [-0.25, -0.2) is 0 Å². The number of carbonyl (C=O) groups is 3. The summed E-state index contributed by atoms with van der Waals surface area (Å²) in [5, 5.41) is 12.2. The van der Waals surface area contributed by atoms with Crippen molar-refractivity contribution in [2.75, 3.05) is 19.3 Å². The fourth-order valence-electron chi connectivity index (χ4n) is 2.85. The predicted molar refractivity (Wildman–Crippen MR) is 112 cm³/mol. The van der Waals surface area contributed by atoms with Crippen molar-refractivity contribution in [2.24, 2.45) is 5.92 Å². The molecule has 0 saturated carbocycles. The van der Waals surface area contributed by atoms with Gasteiger partial charge < -0.3 is 15.3 Å². The number of hydrogen-bond acceptors (Lipinski definition) is 4. The minimum absolute atomic E-state index is 0.168. The monoisotopic (exact) mass is 444 g/mol. The first kappa shape index (κ1) is 22.6. The van der Waals surface area contributed by atoms with E-state index in [9.17, 15) is 14.4 Å². The Morgan fingerprint density at radius 2 is 1.89 bits per heavy atom. The van der Waals surface area contributed by atoms with Crippen LogP contribution in [0.25, 0.3) is 6.08 Å². The molecule has 28 heavy (non-hydrogen) atoms. The average Bonchev–Trinajstić information content (AvgIpc) is 2.68. The summed E-state index contributed by atoms with van der Waals surface area (Å²) in [5.41, 5.74) is 0.662. The van der Waals surface area contributed by atoms with Gasteiger partial charge in [-0.2, -0.15) is 0 Å². The van der Waals surface area contributed by atoms with Gasteiger partial charge in [-0.15, -0.1) is 11.8 Å². The number of carbonyl (C=O) groups excluding carboxylic acids is 2. The maximum absolute atomic E-state index is 12.4. The van der Waals surface area contributed by atoms with Crippen LogP contribution in [0.4, 0.5) is 0 Å². The number of nitrogens with one attached hydrogen (secondary N) is 1. The molecule has 1 aliphatic heterocycles. The number of rotatable bonds is 6. The molecule has 2 N–H and O–H groups in total. The van der Waals surface area contributed by atoms with E-state index in [4.69, 9.17) is 28.3 Å². The third-order valence-electron chi connectivity index (χ3n) is 4.61. The highest BCUT2D eigenvalue weighted by Gasteiger charge is 2.28. The number of piperidine rings is 1. The van der Waals surface area contributed by atoms with E-state index in [0.29, 0.717) is 41.5 Å². The molecule has 0 bridgehead atoms. The van der Waals surface area contributed by atoms with Crippen LogP contribution < -0.4 is 5.32 Å². The Morgan fingerprint density at radius 1 is 1.25 bits per heavy atom. The van der Waals surface area contributed by atoms with Gasteiger partial charge in [0.1, 0.15) is 6.04 Å². The first-order chi connectivity index (χ1) is 13.2. The lowest BCUT2D eigenvalue weighted by molar-refractivity contribution is -0.142. The molecule has 1 atom stereocenters. The van der Waals surface area contributed by atoms with Crippen LogP contribution >= 0.6 is 35.0 Å². The standard InChI is InChI=1S/C19H22Cl2N2O4S/c1-11(19(26)27)22-18(25)13-7-9-23(10-8-13)15(24)6-4-12-3-5-14(28-2)17(21)16(12)20/h3-6,11,13H,7-10H2,1-2H3,(H,22,25)(H,26,27)/b6-4+. The van der Waals surface area contributed by atoms with E-state index in [1.165, 1.54) is 24.8 Å². The molecular weight excluding hydrogens is 423 g/mol. The Morgan fingerprint density at radius 3 is 2.46 bits per heavy atom. The van der Waals surface area contributed by atoms with Crippen LogP contribution in [0.2, 0.25) is 10.0 Å². The van der Waals surface area contributed by atoms with Crippen LogP contribution in [-0.4, -0.2) is 53.2 Å². The van der Waals surface area contributed by atoms with Gasteiger partial charge in [0.05, 0.1) is 10.0 Å². The predicted octanol–water partition coefficient (Wildman–Crippen LogP) is 3.56. The lowest BCUT2D eigenvalue weighted by Crippen LogP contribution is -2.46. The molecule has 2 rings (SSSR count). The Labute approximate surface area is 178 Å². The second-order valence-electron chi connectivity index (χ2n) is 6.49. The number of benzene rings is 1. The van der Waals surface area contributed by atoms with Crippen molar-refractivity contribution in [3.8, 4) is 0 Å². The third-order valence-corrected chi connectivity index (χ3v) is 6.40. The summed E-state index contributed by atoms with van der Waals surface area (Å²) in [5.74, 6) is -1.82. The fraction of sp³-hybridized carbons (Fsp3) is 0.421. The first-order valence-corrected chi connectivity index (χ1v) is 10.7. The molecule has 1 aromatic carbocycles. The lowest BCUT2D eigenvalue weighted by atomic mass is 9.95. The molecule has 1 saturated heterocycles. The summed E-state index contributed by atoms with van der Waals surface area (Å²) >= 11 is 14.0. The summed E-state index contributed by atoms with van der Waals surface area (Å²) in [6.07, 6.45) is 5.97. The number of nitrogens with zero attached hydrogens (tertiary/aromatic N) is 1. The quantitative estimate of drug-likeness (QED) is 0.517. The number of amides is 2. The van der Waals surface area contributed by atoms with Crippen LogP contribution in [0, 0.1) is 5.92 Å². The molecule has 6 nitrogen and oxygen atoms in total. The molecule has 1 fully saturated rings. The van der Waals surface area contributed by atoms with Gasteiger partial charge in [0.25, 0.3) is 0 Å². The van der Waals surface area contributed by atoms with Crippen LogP contribution in [0.1, 0.15) is 25.3 Å². The van der Waals surface area contributed by atoms with Crippen LogP contribution in [0.15, 0.2) is 23.1 Å². The van der Waals surface area contributed by atoms with E-state index in [1.807, 2.05) is 18.4 Å². The van der Waals surface area contributed by atoms with Crippen molar-refractivity contribution in [2.45, 2.75) is 30.7 Å². The van der Waals surface area contributed by atoms with E-state index in [-0.39, 0.29) is 17.7 Å². The van der Waals surface area contributed by atoms with Gasteiger partial charge in [0.15, 0.2) is 0 Å². The van der Waals surface area contributed by atoms with Crippen LogP contribution in [0.3, 0.4) is 0 Å². The van der Waals surface area contributed by atoms with Gasteiger partial charge in [-0.3, -0.25) is 14.4 Å². The van der Waals surface area contributed by atoms with E-state index >= 15 is 0 Å². The van der Waals surface area contributed by atoms with Crippen molar-refractivity contribution in [3.05, 3.63) is 33.8 Å². The zero-order valence-corrected chi connectivity index (χ0v) is 17.9. The Hall–Kier alpha value is -1.70. The lowest BCUT2D eigenvalue weighted by Gasteiger charge is -2.31. The summed E-state index contributed by atoms with van der Waals surface area (Å²) in [6, 6.07) is 2.74. The number of carboxylic acid groups (broad SMARTS) is 1. The third kappa shape index (κ3) is 5.65. The van der Waals surface area contributed by atoms with Crippen LogP contribution in [0.5, 0.6) is 0 Å². The van der Waals surface area contributed by atoms with E-state index in [1.54, 1.807) is 11.0 Å². The number of likely N-dealkylation sites (tertiary alicyclic amines) is 1. The Balaban J connectivity index is 1.92. The van der Waals surface area contributed by atoms with E-state index < -0.39 is 12.0 Å². The summed E-state index contributed by atoms with van der Waals surface area (Å²) < 4.78 is 0. The normalized spacial score (nSPS) is 16.2. The molecule has 2 amide bonds. The maximum Gasteiger partial charge on any atom is 0.325 e. The minimum Gasteiger partial charge on any atom is -0.480 e. The highest BCUT2D eigenvalue weighted by atomic mass is 35.5. The number of thioether (sulfide) groups is 1. The molecule has 0 aromatic heterocycles. The van der Waals surface area contributed by atoms with Crippen LogP contribution in [-0.2, 0) is 14.4 Å². The molecule has 1 aliphatic rings. The van der Waals surface area contributed by atoms with E-state index in [2.05, 4.69) is 5.32 Å². The average molecular weight is 445 g/mol. The highest BCUT2D eigenvalue weighted by Crippen LogP contribution is 2.35. The van der Waals surface area contributed by atoms with Gasteiger partial charge in [-0.1, -0.05) is 29.3 Å². The van der Waals surface area contributed by atoms with E-state index in [0.717, 1.165) is 4.90 Å². The Kier molecular flexibility index (Phi) is 8.22. The van der Waals surface area contributed by atoms with Gasteiger partial charge >= 0.3 is 5.97 Å². The second-order valence-corrected chi connectivity index (χ2v) is 8.09. The molecule has 0 spiro atoms. The smallest absolute Gasteiger partial charge is 0.325 e. The van der Waals surface area contributed by atoms with Crippen molar-refractivity contribution < 1.29 is 19.5 Å². The largest absolute Gasteiger partial charge is 0.480 e. The number of aliphatic carboxylic acids is 1.